The van der Waals surface area contributed by atoms with Crippen LogP contribution in [0.5, 0.6) is 0 Å². The molecule has 0 saturated carbocycles. The first-order valence-electron chi connectivity index (χ1n) is 11.3. The number of amides is 2. The zero-order valence-corrected chi connectivity index (χ0v) is 19.9. The highest BCUT2D eigenvalue weighted by Gasteiger charge is 2.34. The van der Waals surface area contributed by atoms with Crippen LogP contribution in [0, 0.1) is 26.6 Å². The van der Waals surface area contributed by atoms with E-state index in [0.29, 0.717) is 6.42 Å². The summed E-state index contributed by atoms with van der Waals surface area (Å²) in [5, 5.41) is 6.17. The molecular formula is C28H28FN3O2. The Bertz CT molecular complexity index is 1270. The van der Waals surface area contributed by atoms with E-state index in [4.69, 9.17) is 5.10 Å². The van der Waals surface area contributed by atoms with Crippen LogP contribution in [0.1, 0.15) is 50.6 Å². The van der Waals surface area contributed by atoms with Gasteiger partial charge in [0.1, 0.15) is 12.4 Å². The normalized spacial score (nSPS) is 15.3. The monoisotopic (exact) mass is 457 g/mol. The number of hydrazone groups is 1. The third-order valence-corrected chi connectivity index (χ3v) is 6.29. The highest BCUT2D eigenvalue weighted by atomic mass is 19.1. The summed E-state index contributed by atoms with van der Waals surface area (Å²) < 4.78 is 14.1. The summed E-state index contributed by atoms with van der Waals surface area (Å²) >= 11 is 0. The predicted molar refractivity (Wildman–Crippen MR) is 131 cm³/mol. The van der Waals surface area contributed by atoms with Gasteiger partial charge in [0.05, 0.1) is 17.3 Å². The second kappa shape index (κ2) is 9.59. The van der Waals surface area contributed by atoms with E-state index in [9.17, 15) is 14.0 Å². The van der Waals surface area contributed by atoms with Crippen molar-refractivity contribution < 1.29 is 14.0 Å². The number of likely N-dealkylation sites (N-methyl/N-ethyl adjacent to an activating group) is 1. The highest BCUT2D eigenvalue weighted by Crippen LogP contribution is 2.33. The van der Waals surface area contributed by atoms with Crippen molar-refractivity contribution in [3.8, 4) is 0 Å². The Labute approximate surface area is 199 Å². The van der Waals surface area contributed by atoms with Gasteiger partial charge in [0.15, 0.2) is 0 Å². The number of halogens is 1. The first-order valence-corrected chi connectivity index (χ1v) is 11.3. The van der Waals surface area contributed by atoms with Crippen LogP contribution in [-0.2, 0) is 4.79 Å². The second-order valence-electron chi connectivity index (χ2n) is 8.86. The molecule has 3 aromatic rings. The number of rotatable bonds is 5. The van der Waals surface area contributed by atoms with Gasteiger partial charge in [-0.3, -0.25) is 9.59 Å². The Morgan fingerprint density at radius 3 is 2.38 bits per heavy atom. The molecule has 0 saturated heterocycles. The first kappa shape index (κ1) is 23.4. The molecule has 0 aliphatic carbocycles. The van der Waals surface area contributed by atoms with Gasteiger partial charge in [-0.1, -0.05) is 54.1 Å². The molecule has 6 heteroatoms. The Morgan fingerprint density at radius 2 is 1.71 bits per heavy atom. The standard InChI is InChI=1S/C28H28FN3O2/c1-18-9-12-21(13-10-18)26-16-25(22-14-11-19(2)20(3)15-22)30-32(26)27(33)17-31(4)28(34)23-7-5-6-8-24(23)29/h5-15,26H,16-17H2,1-4H3/t26-/m1/s1. The quantitative estimate of drug-likeness (QED) is 0.529. The largest absolute Gasteiger partial charge is 0.332 e. The van der Waals surface area contributed by atoms with Gasteiger partial charge in [-0.2, -0.15) is 5.10 Å². The number of nitrogens with zero attached hydrogens (tertiary/aromatic N) is 3. The molecule has 174 valence electrons. The van der Waals surface area contributed by atoms with E-state index >= 15 is 0 Å². The van der Waals surface area contributed by atoms with E-state index in [0.717, 1.165) is 28.0 Å². The molecule has 4 rings (SSSR count). The molecule has 34 heavy (non-hydrogen) atoms. The lowest BCUT2D eigenvalue weighted by atomic mass is 9.96. The van der Waals surface area contributed by atoms with Crippen LogP contribution in [0.15, 0.2) is 71.8 Å². The number of benzene rings is 3. The maximum atomic E-state index is 14.1. The van der Waals surface area contributed by atoms with Gasteiger partial charge in [-0.05, 0) is 61.2 Å². The van der Waals surface area contributed by atoms with Crippen LogP contribution < -0.4 is 0 Å². The molecule has 0 N–H and O–H groups in total. The molecule has 2 amide bonds. The topological polar surface area (TPSA) is 53.0 Å². The van der Waals surface area contributed by atoms with E-state index in [2.05, 4.69) is 26.0 Å². The van der Waals surface area contributed by atoms with Crippen molar-refractivity contribution in [2.45, 2.75) is 33.2 Å². The number of aryl methyl sites for hydroxylation is 3. The van der Waals surface area contributed by atoms with Crippen molar-refractivity contribution in [3.05, 3.63) is 106 Å². The minimum Gasteiger partial charge on any atom is -0.332 e. The van der Waals surface area contributed by atoms with Crippen LogP contribution in [0.25, 0.3) is 0 Å². The van der Waals surface area contributed by atoms with Crippen molar-refractivity contribution in [3.63, 3.8) is 0 Å². The maximum absolute atomic E-state index is 14.1. The highest BCUT2D eigenvalue weighted by molar-refractivity contribution is 6.04. The molecule has 1 aliphatic heterocycles. The van der Waals surface area contributed by atoms with Gasteiger partial charge in [0, 0.05) is 13.5 Å². The molecule has 5 nitrogen and oxygen atoms in total. The summed E-state index contributed by atoms with van der Waals surface area (Å²) in [6.07, 6.45) is 0.572. The fourth-order valence-corrected chi connectivity index (χ4v) is 4.07. The van der Waals surface area contributed by atoms with Crippen molar-refractivity contribution in [1.29, 1.82) is 0 Å². The lowest BCUT2D eigenvalue weighted by Crippen LogP contribution is -2.39. The molecule has 0 unspecified atom stereocenters. The molecule has 1 heterocycles. The van der Waals surface area contributed by atoms with Crippen LogP contribution in [0.2, 0.25) is 0 Å². The Hall–Kier alpha value is -3.80. The van der Waals surface area contributed by atoms with E-state index in [1.165, 1.54) is 40.7 Å². The minimum atomic E-state index is -0.611. The van der Waals surface area contributed by atoms with Crippen LogP contribution in [0.4, 0.5) is 4.39 Å². The summed E-state index contributed by atoms with van der Waals surface area (Å²) in [4.78, 5) is 27.3. The number of carbonyl (C=O) groups excluding carboxylic acids is 2. The Kier molecular flexibility index (Phi) is 6.59. The third kappa shape index (κ3) is 4.76. The van der Waals surface area contributed by atoms with E-state index < -0.39 is 11.7 Å². The van der Waals surface area contributed by atoms with E-state index in [1.54, 1.807) is 6.07 Å². The lowest BCUT2D eigenvalue weighted by molar-refractivity contribution is -0.133. The first-order chi connectivity index (χ1) is 16.2. The van der Waals surface area contributed by atoms with Crippen molar-refractivity contribution in [2.75, 3.05) is 13.6 Å². The summed E-state index contributed by atoms with van der Waals surface area (Å²) in [5.41, 5.74) is 6.20. The molecule has 0 bridgehead atoms. The van der Waals surface area contributed by atoms with Gasteiger partial charge in [-0.15, -0.1) is 0 Å². The average molecular weight is 458 g/mol. The van der Waals surface area contributed by atoms with Gasteiger partial charge in [-0.25, -0.2) is 9.40 Å². The summed E-state index contributed by atoms with van der Waals surface area (Å²) in [7, 11) is 1.50. The molecule has 0 aromatic heterocycles. The third-order valence-electron chi connectivity index (χ3n) is 6.29. The molecule has 3 aromatic carbocycles. The fraction of sp³-hybridized carbons (Fsp3) is 0.250. The molecule has 1 aliphatic rings. The predicted octanol–water partition coefficient (Wildman–Crippen LogP) is 5.20. The second-order valence-corrected chi connectivity index (χ2v) is 8.86. The van der Waals surface area contributed by atoms with Crippen LogP contribution >= 0.6 is 0 Å². The summed E-state index contributed by atoms with van der Waals surface area (Å²) in [5.74, 6) is -1.48. The van der Waals surface area contributed by atoms with Gasteiger partial charge in [0.2, 0.25) is 0 Å². The molecule has 0 radical (unpaired) electrons. The fourth-order valence-electron chi connectivity index (χ4n) is 4.07. The van der Waals surface area contributed by atoms with Gasteiger partial charge in [0.25, 0.3) is 11.8 Å². The number of hydrogen-bond donors (Lipinski definition) is 0. The number of hydrogen-bond acceptors (Lipinski definition) is 3. The average Bonchev–Trinajstić information content (AvgIpc) is 3.27. The van der Waals surface area contributed by atoms with E-state index in [-0.39, 0.29) is 24.1 Å². The van der Waals surface area contributed by atoms with Crippen molar-refractivity contribution in [2.24, 2.45) is 5.10 Å². The maximum Gasteiger partial charge on any atom is 0.262 e. The zero-order valence-electron chi connectivity index (χ0n) is 19.9. The minimum absolute atomic E-state index is 0.0615. The summed E-state index contributed by atoms with van der Waals surface area (Å²) in [6, 6.07) is 19.7. The molecule has 0 fully saturated rings. The molecule has 0 spiro atoms. The van der Waals surface area contributed by atoms with Crippen LogP contribution in [-0.4, -0.2) is 41.0 Å². The SMILES string of the molecule is Cc1ccc([C@H]2CC(c3ccc(C)c(C)c3)=NN2C(=O)CN(C)C(=O)c2ccccc2F)cc1. The Balaban J connectivity index is 1.61. The lowest BCUT2D eigenvalue weighted by Gasteiger charge is -2.25. The number of carbonyl (C=O) groups is 2. The van der Waals surface area contributed by atoms with Crippen molar-refractivity contribution >= 4 is 17.5 Å². The molecule has 1 atom stereocenters. The van der Waals surface area contributed by atoms with Gasteiger partial charge >= 0.3 is 0 Å². The Morgan fingerprint density at radius 1 is 1.00 bits per heavy atom. The van der Waals surface area contributed by atoms with E-state index in [1.807, 2.05) is 37.3 Å². The zero-order chi connectivity index (χ0) is 24.4. The summed E-state index contributed by atoms with van der Waals surface area (Å²) in [6.45, 7) is 5.92. The molecular weight excluding hydrogens is 429 g/mol. The van der Waals surface area contributed by atoms with Crippen LogP contribution in [0.3, 0.4) is 0 Å². The van der Waals surface area contributed by atoms with Crippen molar-refractivity contribution in [1.82, 2.24) is 9.91 Å². The van der Waals surface area contributed by atoms with Gasteiger partial charge < -0.3 is 4.90 Å². The smallest absolute Gasteiger partial charge is 0.262 e.